The lowest BCUT2D eigenvalue weighted by molar-refractivity contribution is 0.100. The van der Waals surface area contributed by atoms with Crippen LogP contribution in [0.3, 0.4) is 0 Å². The van der Waals surface area contributed by atoms with E-state index in [1.165, 1.54) is 0 Å². The molecule has 0 bridgehead atoms. The highest BCUT2D eigenvalue weighted by Gasteiger charge is 2.24. The second kappa shape index (κ2) is 8.77. The summed E-state index contributed by atoms with van der Waals surface area (Å²) in [6.45, 7) is 1.33. The van der Waals surface area contributed by atoms with Gasteiger partial charge in [-0.3, -0.25) is 9.20 Å². The van der Waals surface area contributed by atoms with Crippen molar-refractivity contribution in [2.45, 2.75) is 19.4 Å². The summed E-state index contributed by atoms with van der Waals surface area (Å²) in [5.41, 5.74) is 9.67. The predicted molar refractivity (Wildman–Crippen MR) is 130 cm³/mol. The van der Waals surface area contributed by atoms with Gasteiger partial charge in [-0.15, -0.1) is 0 Å². The number of hydrogen-bond donors (Lipinski definition) is 4. The number of fused-ring (bicyclic) bond motifs is 2. The van der Waals surface area contributed by atoms with Gasteiger partial charge in [0.05, 0.1) is 23.0 Å². The zero-order valence-corrected chi connectivity index (χ0v) is 18.6. The molecule has 4 heterocycles. The van der Waals surface area contributed by atoms with Gasteiger partial charge in [-0.1, -0.05) is 24.3 Å². The Bertz CT molecular complexity index is 1390. The molecule has 1 aliphatic heterocycles. The average molecular weight is 457 g/mol. The number of carbonyl (C=O) groups is 1. The Morgan fingerprint density at radius 2 is 2.09 bits per heavy atom. The molecule has 1 aliphatic rings. The van der Waals surface area contributed by atoms with E-state index in [0.717, 1.165) is 36.3 Å². The molecule has 5 rings (SSSR count). The topological polar surface area (TPSA) is 142 Å². The number of nitrogens with two attached hydrogens (primary N) is 1. The minimum absolute atomic E-state index is 0.378. The molecule has 0 radical (unpaired) electrons. The SMILES string of the molecule is CN1CCCc2nc(-c3ncc4c(C(N)=O)cccn34)nc(NCc3cccc(B(O)O)c3)c21. The van der Waals surface area contributed by atoms with Gasteiger partial charge in [0.2, 0.25) is 0 Å². The number of aryl methyl sites for hydroxylation is 1. The molecule has 11 heteroatoms. The summed E-state index contributed by atoms with van der Waals surface area (Å²) in [7, 11) is 0.488. The Kier molecular flexibility index (Phi) is 5.64. The van der Waals surface area contributed by atoms with E-state index in [9.17, 15) is 14.8 Å². The molecule has 1 amide bonds. The lowest BCUT2D eigenvalue weighted by atomic mass is 9.80. The molecule has 0 saturated heterocycles. The minimum Gasteiger partial charge on any atom is -0.423 e. The van der Waals surface area contributed by atoms with Gasteiger partial charge in [-0.2, -0.15) is 0 Å². The fourth-order valence-electron chi connectivity index (χ4n) is 4.34. The molecule has 0 unspecified atom stereocenters. The molecule has 10 nitrogen and oxygen atoms in total. The fraction of sp³-hybridized carbons (Fsp3) is 0.217. The first-order valence-corrected chi connectivity index (χ1v) is 11.0. The van der Waals surface area contributed by atoms with Crippen LogP contribution in [0.5, 0.6) is 0 Å². The number of pyridine rings is 1. The number of nitrogens with zero attached hydrogens (tertiary/aromatic N) is 5. The number of amides is 1. The molecule has 0 fully saturated rings. The largest absolute Gasteiger partial charge is 0.488 e. The standard InChI is InChI=1S/C23H24BN7O3/c1-30-9-4-8-17-19(30)21(26-12-14-5-2-6-15(11-14)24(33)34)29-22(28-17)23-27-13-18-16(20(25)32)7-3-10-31(18)23/h2-3,5-7,10-11,13,33-34H,4,8-9,12H2,1H3,(H2,25,32)(H,26,28,29). The number of hydrogen-bond acceptors (Lipinski definition) is 8. The Balaban J connectivity index is 1.56. The van der Waals surface area contributed by atoms with Crippen LogP contribution < -0.4 is 21.4 Å². The highest BCUT2D eigenvalue weighted by Crippen LogP contribution is 2.33. The number of anilines is 2. The number of carbonyl (C=O) groups excluding carboxylic acids is 1. The van der Waals surface area contributed by atoms with Crippen LogP contribution in [0.1, 0.15) is 28.0 Å². The number of aromatic nitrogens is 4. The number of nitrogens with one attached hydrogen (secondary N) is 1. The third-order valence-corrected chi connectivity index (χ3v) is 5.99. The fourth-order valence-corrected chi connectivity index (χ4v) is 4.34. The third kappa shape index (κ3) is 3.95. The van der Waals surface area contributed by atoms with Crippen LogP contribution in [0.2, 0.25) is 0 Å². The second-order valence-corrected chi connectivity index (χ2v) is 8.31. The van der Waals surface area contributed by atoms with E-state index in [1.807, 2.05) is 13.1 Å². The van der Waals surface area contributed by atoms with Gasteiger partial charge in [0.1, 0.15) is 5.69 Å². The van der Waals surface area contributed by atoms with Crippen LogP contribution in [0.15, 0.2) is 48.8 Å². The molecule has 4 aromatic rings. The van der Waals surface area contributed by atoms with Gasteiger partial charge in [-0.05, 0) is 36.0 Å². The number of primary amides is 1. The van der Waals surface area contributed by atoms with Gasteiger partial charge < -0.3 is 26.0 Å². The van der Waals surface area contributed by atoms with Crippen molar-refractivity contribution in [3.05, 3.63) is 65.6 Å². The summed E-state index contributed by atoms with van der Waals surface area (Å²) < 4.78 is 1.77. The van der Waals surface area contributed by atoms with E-state index in [1.54, 1.807) is 47.1 Å². The maximum absolute atomic E-state index is 11.8. The molecule has 172 valence electrons. The Morgan fingerprint density at radius 1 is 1.24 bits per heavy atom. The first kappa shape index (κ1) is 21.9. The monoisotopic (exact) mass is 457 g/mol. The molecular formula is C23H24BN7O3. The maximum Gasteiger partial charge on any atom is 0.488 e. The van der Waals surface area contributed by atoms with Gasteiger partial charge >= 0.3 is 7.12 Å². The van der Waals surface area contributed by atoms with Gasteiger partial charge in [0, 0.05) is 26.3 Å². The second-order valence-electron chi connectivity index (χ2n) is 8.31. The molecule has 0 atom stereocenters. The van der Waals surface area contributed by atoms with Crippen molar-refractivity contribution in [3.63, 3.8) is 0 Å². The van der Waals surface area contributed by atoms with E-state index in [0.29, 0.717) is 40.6 Å². The van der Waals surface area contributed by atoms with Crippen molar-refractivity contribution in [1.29, 1.82) is 0 Å². The Morgan fingerprint density at radius 3 is 2.88 bits per heavy atom. The van der Waals surface area contributed by atoms with Crippen LogP contribution in [0.25, 0.3) is 17.2 Å². The van der Waals surface area contributed by atoms with Crippen molar-refractivity contribution in [3.8, 4) is 11.6 Å². The molecule has 0 saturated carbocycles. The average Bonchev–Trinajstić information content (AvgIpc) is 3.27. The number of rotatable bonds is 6. The molecule has 0 aliphatic carbocycles. The lowest BCUT2D eigenvalue weighted by Crippen LogP contribution is -2.30. The van der Waals surface area contributed by atoms with Gasteiger partial charge in [0.25, 0.3) is 5.91 Å². The third-order valence-electron chi connectivity index (χ3n) is 5.99. The Labute approximate surface area is 196 Å². The zero-order chi connectivity index (χ0) is 23.8. The van der Waals surface area contributed by atoms with Crippen molar-refractivity contribution < 1.29 is 14.8 Å². The number of imidazole rings is 1. The quantitative estimate of drug-likeness (QED) is 0.308. The van der Waals surface area contributed by atoms with Crippen LogP contribution in [-0.2, 0) is 13.0 Å². The molecule has 3 aromatic heterocycles. The maximum atomic E-state index is 11.8. The number of benzene rings is 1. The van der Waals surface area contributed by atoms with E-state index in [-0.39, 0.29) is 0 Å². The van der Waals surface area contributed by atoms with Gasteiger partial charge in [-0.25, -0.2) is 15.0 Å². The van der Waals surface area contributed by atoms with E-state index in [2.05, 4.69) is 15.2 Å². The van der Waals surface area contributed by atoms with Crippen molar-refractivity contribution in [1.82, 2.24) is 19.4 Å². The van der Waals surface area contributed by atoms with E-state index < -0.39 is 13.0 Å². The van der Waals surface area contributed by atoms with Gasteiger partial charge in [0.15, 0.2) is 17.5 Å². The predicted octanol–water partition coefficient (Wildman–Crippen LogP) is 0.564. The van der Waals surface area contributed by atoms with Crippen LogP contribution in [0.4, 0.5) is 11.5 Å². The molecule has 0 spiro atoms. The summed E-state index contributed by atoms with van der Waals surface area (Å²) in [6.07, 6.45) is 5.19. The summed E-state index contributed by atoms with van der Waals surface area (Å²) in [5, 5.41) is 22.4. The Hall–Kier alpha value is -3.96. The van der Waals surface area contributed by atoms with Crippen LogP contribution in [-0.4, -0.2) is 56.0 Å². The molecular weight excluding hydrogens is 433 g/mol. The van der Waals surface area contributed by atoms with Crippen molar-refractivity contribution >= 4 is 35.5 Å². The van der Waals surface area contributed by atoms with E-state index in [4.69, 9.17) is 15.7 Å². The molecule has 5 N–H and O–H groups in total. The van der Waals surface area contributed by atoms with Crippen molar-refractivity contribution in [2.24, 2.45) is 5.73 Å². The van der Waals surface area contributed by atoms with Crippen LogP contribution in [0, 0.1) is 0 Å². The van der Waals surface area contributed by atoms with E-state index >= 15 is 0 Å². The molecule has 34 heavy (non-hydrogen) atoms. The van der Waals surface area contributed by atoms with Crippen LogP contribution >= 0.6 is 0 Å². The lowest BCUT2D eigenvalue weighted by Gasteiger charge is -2.29. The highest BCUT2D eigenvalue weighted by molar-refractivity contribution is 6.58. The highest BCUT2D eigenvalue weighted by atomic mass is 16.4. The summed E-state index contributed by atoms with van der Waals surface area (Å²) in [4.78, 5) is 28.1. The minimum atomic E-state index is -1.52. The summed E-state index contributed by atoms with van der Waals surface area (Å²) >= 11 is 0. The first-order valence-electron chi connectivity index (χ1n) is 11.0. The smallest absolute Gasteiger partial charge is 0.423 e. The van der Waals surface area contributed by atoms with Crippen molar-refractivity contribution in [2.75, 3.05) is 23.8 Å². The zero-order valence-electron chi connectivity index (χ0n) is 18.6. The molecule has 1 aromatic carbocycles. The summed E-state index contributed by atoms with van der Waals surface area (Å²) in [5.74, 6) is 1.10. The normalized spacial score (nSPS) is 13.1. The first-order chi connectivity index (χ1) is 16.4. The summed E-state index contributed by atoms with van der Waals surface area (Å²) in [6, 6.07) is 10.5.